The summed E-state index contributed by atoms with van der Waals surface area (Å²) in [4.78, 5) is 14.1. The fraction of sp³-hybridized carbons (Fsp3) is 0.562. The summed E-state index contributed by atoms with van der Waals surface area (Å²) < 4.78 is 5.44. The highest BCUT2D eigenvalue weighted by Gasteiger charge is 2.35. The number of carbonyl (C=O) groups is 1. The lowest BCUT2D eigenvalue weighted by molar-refractivity contribution is -0.127. The van der Waals surface area contributed by atoms with Gasteiger partial charge >= 0.3 is 0 Å². The Balaban J connectivity index is 1.60. The molecule has 0 saturated carbocycles. The third kappa shape index (κ3) is 2.80. The first-order valence-electron chi connectivity index (χ1n) is 7.39. The topological polar surface area (TPSA) is 45.5 Å². The standard InChI is InChI=1S/C16H22N2O2/c1-11-3-6-15(20-11)7-8-16(19)18(2)14-9-12-4-5-13(10-14)17-12/h3,6-8,12-14,17H,4-5,9-10H2,1-2H3/b8-7+. The molecule has 0 aliphatic carbocycles. The molecule has 0 radical (unpaired) electrons. The highest BCUT2D eigenvalue weighted by molar-refractivity contribution is 5.91. The average molecular weight is 274 g/mol. The van der Waals surface area contributed by atoms with Crippen molar-refractivity contribution >= 4 is 12.0 Å². The second-order valence-electron chi connectivity index (χ2n) is 5.99. The van der Waals surface area contributed by atoms with E-state index in [1.165, 1.54) is 12.8 Å². The number of hydrogen-bond acceptors (Lipinski definition) is 3. The number of rotatable bonds is 3. The largest absolute Gasteiger partial charge is 0.462 e. The number of hydrogen-bond donors (Lipinski definition) is 1. The predicted octanol–water partition coefficient (Wildman–Crippen LogP) is 2.34. The lowest BCUT2D eigenvalue weighted by Gasteiger charge is -2.35. The molecule has 1 N–H and O–H groups in total. The molecule has 0 aromatic carbocycles. The molecule has 20 heavy (non-hydrogen) atoms. The van der Waals surface area contributed by atoms with Crippen LogP contribution >= 0.6 is 0 Å². The van der Waals surface area contributed by atoms with Crippen molar-refractivity contribution in [3.8, 4) is 0 Å². The first-order chi connectivity index (χ1) is 9.61. The third-order valence-corrected chi connectivity index (χ3v) is 4.49. The fourth-order valence-corrected chi connectivity index (χ4v) is 3.34. The van der Waals surface area contributed by atoms with Gasteiger partial charge in [0.2, 0.25) is 5.91 Å². The van der Waals surface area contributed by atoms with Gasteiger partial charge in [0.15, 0.2) is 0 Å². The molecule has 2 atom stereocenters. The minimum Gasteiger partial charge on any atom is -0.462 e. The first kappa shape index (κ1) is 13.4. The van der Waals surface area contributed by atoms with Gasteiger partial charge in [-0.3, -0.25) is 4.79 Å². The van der Waals surface area contributed by atoms with Gasteiger partial charge in [-0.05, 0) is 50.8 Å². The summed E-state index contributed by atoms with van der Waals surface area (Å²) in [6.45, 7) is 1.90. The lowest BCUT2D eigenvalue weighted by Crippen LogP contribution is -2.48. The minimum absolute atomic E-state index is 0.0605. The zero-order valence-electron chi connectivity index (χ0n) is 12.1. The van der Waals surface area contributed by atoms with Gasteiger partial charge in [-0.15, -0.1) is 0 Å². The molecule has 2 bridgehead atoms. The fourth-order valence-electron chi connectivity index (χ4n) is 3.34. The number of piperidine rings is 1. The van der Waals surface area contributed by atoms with Crippen LogP contribution in [0.5, 0.6) is 0 Å². The van der Waals surface area contributed by atoms with Gasteiger partial charge in [0.1, 0.15) is 11.5 Å². The van der Waals surface area contributed by atoms with Gasteiger partial charge in [0.05, 0.1) is 0 Å². The normalized spacial score (nSPS) is 29.0. The molecule has 1 aromatic rings. The minimum atomic E-state index is 0.0605. The Morgan fingerprint density at radius 1 is 1.35 bits per heavy atom. The third-order valence-electron chi connectivity index (χ3n) is 4.49. The SMILES string of the molecule is Cc1ccc(/C=C/C(=O)N(C)C2CC3CCC(C2)N3)o1. The highest BCUT2D eigenvalue weighted by atomic mass is 16.3. The van der Waals surface area contributed by atoms with E-state index < -0.39 is 0 Å². The molecule has 1 amide bonds. The van der Waals surface area contributed by atoms with E-state index in [2.05, 4.69) is 5.32 Å². The van der Waals surface area contributed by atoms with Crippen LogP contribution in [0.2, 0.25) is 0 Å². The zero-order chi connectivity index (χ0) is 14.1. The molecule has 3 rings (SSSR count). The Kier molecular flexibility index (Phi) is 3.66. The Labute approximate surface area is 119 Å². The van der Waals surface area contributed by atoms with Crippen LogP contribution in [0.25, 0.3) is 6.08 Å². The maximum atomic E-state index is 12.2. The summed E-state index contributed by atoms with van der Waals surface area (Å²) in [6, 6.07) is 5.35. The maximum absolute atomic E-state index is 12.2. The summed E-state index contributed by atoms with van der Waals surface area (Å²) in [5.74, 6) is 1.65. The van der Waals surface area contributed by atoms with Crippen LogP contribution in [-0.4, -0.2) is 36.0 Å². The Morgan fingerprint density at radius 3 is 2.65 bits per heavy atom. The molecule has 108 valence electrons. The quantitative estimate of drug-likeness (QED) is 0.861. The molecular weight excluding hydrogens is 252 g/mol. The van der Waals surface area contributed by atoms with E-state index in [-0.39, 0.29) is 5.91 Å². The molecule has 2 unspecified atom stereocenters. The molecule has 2 aliphatic rings. The summed E-state index contributed by atoms with van der Waals surface area (Å²) >= 11 is 0. The van der Waals surface area contributed by atoms with Crippen LogP contribution in [-0.2, 0) is 4.79 Å². The monoisotopic (exact) mass is 274 g/mol. The van der Waals surface area contributed by atoms with Crippen molar-refractivity contribution < 1.29 is 9.21 Å². The van der Waals surface area contributed by atoms with Crippen molar-refractivity contribution in [2.24, 2.45) is 0 Å². The number of carbonyl (C=O) groups excluding carboxylic acids is 1. The number of amides is 1. The smallest absolute Gasteiger partial charge is 0.246 e. The molecular formula is C16H22N2O2. The second kappa shape index (κ2) is 5.44. The molecule has 4 heteroatoms. The number of nitrogens with one attached hydrogen (secondary N) is 1. The van der Waals surface area contributed by atoms with E-state index in [0.717, 1.165) is 24.4 Å². The molecule has 2 saturated heterocycles. The van der Waals surface area contributed by atoms with Crippen LogP contribution in [0.1, 0.15) is 37.2 Å². The van der Waals surface area contributed by atoms with Gasteiger partial charge in [0.25, 0.3) is 0 Å². The summed E-state index contributed by atoms with van der Waals surface area (Å²) in [7, 11) is 1.91. The van der Waals surface area contributed by atoms with Crippen LogP contribution < -0.4 is 5.32 Å². The molecule has 1 aromatic heterocycles. The zero-order valence-corrected chi connectivity index (χ0v) is 12.1. The molecule has 0 spiro atoms. The van der Waals surface area contributed by atoms with Gasteiger partial charge in [-0.2, -0.15) is 0 Å². The van der Waals surface area contributed by atoms with Crippen LogP contribution in [0.15, 0.2) is 22.6 Å². The molecule has 2 fully saturated rings. The van der Waals surface area contributed by atoms with E-state index in [1.807, 2.05) is 31.0 Å². The van der Waals surface area contributed by atoms with Gasteiger partial charge in [-0.1, -0.05) is 0 Å². The van der Waals surface area contributed by atoms with Crippen LogP contribution in [0, 0.1) is 6.92 Å². The number of nitrogens with zero attached hydrogens (tertiary/aromatic N) is 1. The Hall–Kier alpha value is -1.55. The number of furan rings is 1. The molecule has 3 heterocycles. The number of likely N-dealkylation sites (N-methyl/N-ethyl adjacent to an activating group) is 1. The lowest BCUT2D eigenvalue weighted by atomic mass is 9.98. The van der Waals surface area contributed by atoms with Crippen molar-refractivity contribution in [1.82, 2.24) is 10.2 Å². The van der Waals surface area contributed by atoms with Crippen molar-refractivity contribution in [3.63, 3.8) is 0 Å². The van der Waals surface area contributed by atoms with E-state index in [1.54, 1.807) is 12.2 Å². The summed E-state index contributed by atoms with van der Waals surface area (Å²) in [5.41, 5.74) is 0. The van der Waals surface area contributed by atoms with Crippen molar-refractivity contribution in [3.05, 3.63) is 29.7 Å². The number of fused-ring (bicyclic) bond motifs is 2. The van der Waals surface area contributed by atoms with E-state index in [0.29, 0.717) is 18.1 Å². The predicted molar refractivity (Wildman–Crippen MR) is 78.2 cm³/mol. The van der Waals surface area contributed by atoms with Crippen molar-refractivity contribution in [2.75, 3.05) is 7.05 Å². The molecule has 4 nitrogen and oxygen atoms in total. The Bertz CT molecular complexity index is 508. The summed E-state index contributed by atoms with van der Waals surface area (Å²) in [5, 5.41) is 3.60. The second-order valence-corrected chi connectivity index (χ2v) is 5.99. The van der Waals surface area contributed by atoms with E-state index >= 15 is 0 Å². The summed E-state index contributed by atoms with van der Waals surface area (Å²) in [6.07, 6.45) is 8.03. The van der Waals surface area contributed by atoms with Crippen LogP contribution in [0.3, 0.4) is 0 Å². The van der Waals surface area contributed by atoms with E-state index in [4.69, 9.17) is 4.42 Å². The van der Waals surface area contributed by atoms with E-state index in [9.17, 15) is 4.79 Å². The maximum Gasteiger partial charge on any atom is 0.246 e. The Morgan fingerprint density at radius 2 is 2.05 bits per heavy atom. The highest BCUT2D eigenvalue weighted by Crippen LogP contribution is 2.29. The van der Waals surface area contributed by atoms with Crippen molar-refractivity contribution in [2.45, 2.75) is 50.7 Å². The van der Waals surface area contributed by atoms with Gasteiger partial charge < -0.3 is 14.6 Å². The van der Waals surface area contributed by atoms with Gasteiger partial charge in [-0.25, -0.2) is 0 Å². The van der Waals surface area contributed by atoms with Crippen LogP contribution in [0.4, 0.5) is 0 Å². The van der Waals surface area contributed by atoms with Gasteiger partial charge in [0, 0.05) is 31.2 Å². The first-order valence-corrected chi connectivity index (χ1v) is 7.39. The number of aryl methyl sites for hydroxylation is 1. The van der Waals surface area contributed by atoms with Crippen molar-refractivity contribution in [1.29, 1.82) is 0 Å². The molecule has 2 aliphatic heterocycles. The average Bonchev–Trinajstić information content (AvgIpc) is 3.01.